The highest BCUT2D eigenvalue weighted by Gasteiger charge is 2.14. The molecule has 40 heavy (non-hydrogen) atoms. The number of aliphatic imine (C=N–C) groups is 1. The highest BCUT2D eigenvalue weighted by molar-refractivity contribution is 7.99. The molecule has 1 amide bonds. The zero-order chi connectivity index (χ0) is 27.9. The lowest BCUT2D eigenvalue weighted by atomic mass is 10.1. The Morgan fingerprint density at radius 2 is 1.90 bits per heavy atom. The lowest BCUT2D eigenvalue weighted by molar-refractivity contribution is -0.117. The van der Waals surface area contributed by atoms with E-state index in [4.69, 9.17) is 4.74 Å². The van der Waals surface area contributed by atoms with Crippen molar-refractivity contribution in [1.29, 1.82) is 0 Å². The van der Waals surface area contributed by atoms with Crippen LogP contribution in [0.15, 0.2) is 70.9 Å². The molecule has 5 aromatic rings. The number of hydrogen-bond acceptors (Lipinski definition) is 9. The molecule has 0 aliphatic heterocycles. The molecule has 5 rings (SSSR count). The van der Waals surface area contributed by atoms with Crippen molar-refractivity contribution in [1.82, 2.24) is 40.5 Å². The van der Waals surface area contributed by atoms with Gasteiger partial charge in [-0.2, -0.15) is 4.68 Å². The first-order valence-corrected chi connectivity index (χ1v) is 13.5. The van der Waals surface area contributed by atoms with Crippen molar-refractivity contribution in [2.45, 2.75) is 25.4 Å². The fourth-order valence-corrected chi connectivity index (χ4v) is 4.77. The van der Waals surface area contributed by atoms with Gasteiger partial charge in [-0.15, -0.1) is 5.10 Å². The van der Waals surface area contributed by atoms with E-state index in [2.05, 4.69) is 46.1 Å². The molecule has 0 atom stereocenters. The molecule has 0 saturated carbocycles. The van der Waals surface area contributed by atoms with Gasteiger partial charge in [-0.1, -0.05) is 30.0 Å². The standard InChI is InChI=1S/C27H28N10O2S/c1-17-13-18(2)31-26(30-17)33-25(28-12-11-19-15-29-23-10-9-21(39-3)14-22(19)23)32-24(38)16-40-27-34-35-36-37(27)20-7-5-4-6-8-20/h4-10,13-15,29H,11-12,16H2,1-3H3,(H2,28,30,31,32,33,38). The predicted octanol–water partition coefficient (Wildman–Crippen LogP) is 3.48. The molecule has 0 saturated heterocycles. The van der Waals surface area contributed by atoms with Crippen LogP contribution in [0.4, 0.5) is 5.95 Å². The first-order valence-electron chi connectivity index (χ1n) is 12.5. The van der Waals surface area contributed by atoms with Crippen LogP contribution in [-0.4, -0.2) is 66.4 Å². The van der Waals surface area contributed by atoms with Gasteiger partial charge >= 0.3 is 0 Å². The van der Waals surface area contributed by atoms with Crippen LogP contribution in [0.3, 0.4) is 0 Å². The summed E-state index contributed by atoms with van der Waals surface area (Å²) in [6, 6.07) is 17.3. The van der Waals surface area contributed by atoms with Gasteiger partial charge in [0.05, 0.1) is 18.6 Å². The SMILES string of the molecule is COc1ccc2[nH]cc(CCN=C(NC(=O)CSc3nnnn3-c3ccccc3)Nc3nc(C)cc(C)n3)c2c1. The number of anilines is 1. The molecule has 2 aromatic carbocycles. The van der Waals surface area contributed by atoms with E-state index in [-0.39, 0.29) is 17.6 Å². The van der Waals surface area contributed by atoms with Gasteiger partial charge in [-0.05, 0) is 72.7 Å². The van der Waals surface area contributed by atoms with Crippen LogP contribution in [0, 0.1) is 13.8 Å². The number of tetrazole rings is 1. The van der Waals surface area contributed by atoms with Gasteiger partial charge in [-0.25, -0.2) is 9.97 Å². The average molecular weight is 557 g/mol. The summed E-state index contributed by atoms with van der Waals surface area (Å²) in [7, 11) is 1.65. The molecule has 0 aliphatic rings. The number of carbonyl (C=O) groups is 1. The number of hydrogen-bond donors (Lipinski definition) is 3. The number of aromatic amines is 1. The van der Waals surface area contributed by atoms with Crippen molar-refractivity contribution in [2.75, 3.05) is 24.7 Å². The summed E-state index contributed by atoms with van der Waals surface area (Å²) in [5.74, 6) is 1.20. The summed E-state index contributed by atoms with van der Waals surface area (Å²) < 4.78 is 6.96. The van der Waals surface area contributed by atoms with Crippen molar-refractivity contribution in [3.8, 4) is 11.4 Å². The fourth-order valence-electron chi connectivity index (χ4n) is 4.08. The second kappa shape index (κ2) is 12.4. The van der Waals surface area contributed by atoms with Crippen LogP contribution in [0.5, 0.6) is 5.75 Å². The molecule has 0 bridgehead atoms. The summed E-state index contributed by atoms with van der Waals surface area (Å²) in [5, 5.41) is 19.3. The Labute approximate surface area is 234 Å². The molecule has 0 unspecified atom stereocenters. The minimum Gasteiger partial charge on any atom is -0.497 e. The van der Waals surface area contributed by atoms with E-state index in [0.717, 1.165) is 39.3 Å². The largest absolute Gasteiger partial charge is 0.497 e. The van der Waals surface area contributed by atoms with Crippen LogP contribution < -0.4 is 15.4 Å². The van der Waals surface area contributed by atoms with Crippen molar-refractivity contribution >= 4 is 40.5 Å². The zero-order valence-electron chi connectivity index (χ0n) is 22.3. The summed E-state index contributed by atoms with van der Waals surface area (Å²) in [6.07, 6.45) is 2.61. The number of benzene rings is 2. The number of fused-ring (bicyclic) bond motifs is 1. The smallest absolute Gasteiger partial charge is 0.237 e. The van der Waals surface area contributed by atoms with Gasteiger partial charge in [0.25, 0.3) is 0 Å². The lowest BCUT2D eigenvalue weighted by Crippen LogP contribution is -2.38. The normalized spacial score (nSPS) is 11.5. The Hall–Kier alpha value is -4.78. The number of amides is 1. The van der Waals surface area contributed by atoms with Gasteiger partial charge in [-0.3, -0.25) is 20.4 Å². The maximum Gasteiger partial charge on any atom is 0.237 e. The number of nitrogens with one attached hydrogen (secondary N) is 3. The van der Waals surface area contributed by atoms with E-state index in [1.165, 1.54) is 11.8 Å². The third-order valence-electron chi connectivity index (χ3n) is 5.87. The number of thioether (sulfide) groups is 1. The molecule has 0 radical (unpaired) electrons. The molecule has 3 aromatic heterocycles. The maximum absolute atomic E-state index is 13.0. The number of H-pyrrole nitrogens is 1. The van der Waals surface area contributed by atoms with Crippen LogP contribution in [0.2, 0.25) is 0 Å². The number of methoxy groups -OCH3 is 1. The molecular formula is C27H28N10O2S. The van der Waals surface area contributed by atoms with Crippen molar-refractivity contribution in [3.05, 3.63) is 77.7 Å². The van der Waals surface area contributed by atoms with Crippen molar-refractivity contribution < 1.29 is 9.53 Å². The molecule has 3 N–H and O–H groups in total. The molecule has 3 heterocycles. The van der Waals surface area contributed by atoms with E-state index < -0.39 is 0 Å². The Kier molecular flexibility index (Phi) is 8.30. The number of para-hydroxylation sites is 1. The highest BCUT2D eigenvalue weighted by Crippen LogP contribution is 2.24. The van der Waals surface area contributed by atoms with Crippen molar-refractivity contribution in [2.24, 2.45) is 4.99 Å². The van der Waals surface area contributed by atoms with E-state index in [1.54, 1.807) is 11.8 Å². The Balaban J connectivity index is 1.29. The maximum atomic E-state index is 13.0. The molecule has 12 nitrogen and oxygen atoms in total. The molecule has 0 aliphatic carbocycles. The summed E-state index contributed by atoms with van der Waals surface area (Å²) >= 11 is 1.22. The third-order valence-corrected chi connectivity index (χ3v) is 6.79. The molecule has 13 heteroatoms. The minimum atomic E-state index is -0.278. The number of aryl methyl sites for hydroxylation is 2. The highest BCUT2D eigenvalue weighted by atomic mass is 32.2. The second-order valence-corrected chi connectivity index (χ2v) is 9.79. The molecule has 0 spiro atoms. The Morgan fingerprint density at radius 1 is 1.10 bits per heavy atom. The average Bonchev–Trinajstić information content (AvgIpc) is 3.58. The predicted molar refractivity (Wildman–Crippen MR) is 154 cm³/mol. The van der Waals surface area contributed by atoms with E-state index in [0.29, 0.717) is 24.1 Å². The number of ether oxygens (including phenoxy) is 1. The van der Waals surface area contributed by atoms with Gasteiger partial charge in [0.15, 0.2) is 0 Å². The topological polar surface area (TPSA) is 148 Å². The van der Waals surface area contributed by atoms with Gasteiger partial charge < -0.3 is 9.72 Å². The van der Waals surface area contributed by atoms with Gasteiger partial charge in [0, 0.05) is 35.0 Å². The first-order chi connectivity index (χ1) is 19.5. The molecule has 204 valence electrons. The lowest BCUT2D eigenvalue weighted by Gasteiger charge is -2.11. The first kappa shape index (κ1) is 26.8. The monoisotopic (exact) mass is 556 g/mol. The van der Waals surface area contributed by atoms with Crippen LogP contribution in [-0.2, 0) is 11.2 Å². The van der Waals surface area contributed by atoms with E-state index in [1.807, 2.05) is 74.6 Å². The number of guanidine groups is 1. The van der Waals surface area contributed by atoms with Crippen LogP contribution >= 0.6 is 11.8 Å². The quantitative estimate of drug-likeness (QED) is 0.141. The number of nitrogens with zero attached hydrogens (tertiary/aromatic N) is 7. The number of carbonyl (C=O) groups excluding carboxylic acids is 1. The molecular weight excluding hydrogens is 528 g/mol. The third kappa shape index (κ3) is 6.61. The second-order valence-electron chi connectivity index (χ2n) is 8.85. The summed E-state index contributed by atoms with van der Waals surface area (Å²) in [4.78, 5) is 29.7. The van der Waals surface area contributed by atoms with Crippen LogP contribution in [0.1, 0.15) is 17.0 Å². The van der Waals surface area contributed by atoms with E-state index in [9.17, 15) is 4.79 Å². The van der Waals surface area contributed by atoms with Gasteiger partial charge in [0.2, 0.25) is 23.0 Å². The Morgan fingerprint density at radius 3 is 2.67 bits per heavy atom. The van der Waals surface area contributed by atoms with Crippen LogP contribution in [0.25, 0.3) is 16.6 Å². The minimum absolute atomic E-state index is 0.0733. The number of rotatable bonds is 9. The molecule has 0 fully saturated rings. The van der Waals surface area contributed by atoms with E-state index >= 15 is 0 Å². The Bertz CT molecular complexity index is 1630. The van der Waals surface area contributed by atoms with Gasteiger partial charge in [0.1, 0.15) is 5.75 Å². The summed E-state index contributed by atoms with van der Waals surface area (Å²) in [6.45, 7) is 4.18. The zero-order valence-corrected chi connectivity index (χ0v) is 23.1. The summed E-state index contributed by atoms with van der Waals surface area (Å²) in [5.41, 5.74) is 4.52. The number of aromatic nitrogens is 7. The fraction of sp³-hybridized carbons (Fsp3) is 0.222. The van der Waals surface area contributed by atoms with Crippen molar-refractivity contribution in [3.63, 3.8) is 0 Å².